The van der Waals surface area contributed by atoms with Crippen LogP contribution < -0.4 is 9.46 Å². The van der Waals surface area contributed by atoms with Gasteiger partial charge in [0, 0.05) is 13.0 Å². The van der Waals surface area contributed by atoms with Crippen molar-refractivity contribution in [2.45, 2.75) is 44.4 Å². The van der Waals surface area contributed by atoms with Gasteiger partial charge in [-0.25, -0.2) is 13.1 Å². The highest BCUT2D eigenvalue weighted by molar-refractivity contribution is 7.89. The van der Waals surface area contributed by atoms with E-state index >= 15 is 0 Å². The van der Waals surface area contributed by atoms with Gasteiger partial charge in [0.2, 0.25) is 10.0 Å². The van der Waals surface area contributed by atoms with Crippen LogP contribution in [0.15, 0.2) is 17.0 Å². The Balaban J connectivity index is 3.03. The van der Waals surface area contributed by atoms with Crippen molar-refractivity contribution in [2.24, 2.45) is 0 Å². The molecular weight excluding hydrogens is 306 g/mol. The molecule has 2 N–H and O–H groups in total. The first-order chi connectivity index (χ1) is 10.2. The average Bonchev–Trinajstić information content (AvgIpc) is 2.42. The van der Waals surface area contributed by atoms with E-state index in [4.69, 9.17) is 9.84 Å². The standard InChI is InChI=1S/C15H23NO5S/c1-10(2)12-9-14(11(3)8-13(12)21-4)22(19,20)16-7-5-6-15(17)18/h8-10,16H,5-7H2,1-4H3,(H,17,18). The fourth-order valence-corrected chi connectivity index (χ4v) is 3.45. The quantitative estimate of drug-likeness (QED) is 0.714. The normalized spacial score (nSPS) is 11.7. The summed E-state index contributed by atoms with van der Waals surface area (Å²) in [4.78, 5) is 10.6. The molecule has 1 aromatic carbocycles. The SMILES string of the molecule is COc1cc(C)c(S(=O)(=O)NCCCC(=O)O)cc1C(C)C. The summed E-state index contributed by atoms with van der Waals surface area (Å²) in [5, 5.41) is 8.57. The van der Waals surface area contributed by atoms with Gasteiger partial charge in [-0.2, -0.15) is 0 Å². The second-order valence-corrected chi connectivity index (χ2v) is 7.14. The van der Waals surface area contributed by atoms with E-state index in [1.807, 2.05) is 13.8 Å². The van der Waals surface area contributed by atoms with Crippen LogP contribution in [-0.4, -0.2) is 33.1 Å². The van der Waals surface area contributed by atoms with Crippen molar-refractivity contribution < 1.29 is 23.1 Å². The van der Waals surface area contributed by atoms with Crippen LogP contribution in [0.2, 0.25) is 0 Å². The Kier molecular flexibility index (Phi) is 6.37. The predicted octanol–water partition coefficient (Wildman–Crippen LogP) is 2.27. The molecule has 0 atom stereocenters. The molecule has 6 nitrogen and oxygen atoms in total. The molecule has 0 bridgehead atoms. The molecule has 7 heteroatoms. The fraction of sp³-hybridized carbons (Fsp3) is 0.533. The summed E-state index contributed by atoms with van der Waals surface area (Å²) in [6, 6.07) is 3.33. The summed E-state index contributed by atoms with van der Waals surface area (Å²) in [5.74, 6) is -0.157. The molecule has 0 fully saturated rings. The van der Waals surface area contributed by atoms with E-state index in [1.165, 1.54) is 0 Å². The Morgan fingerprint density at radius 1 is 1.36 bits per heavy atom. The number of hydrogen-bond acceptors (Lipinski definition) is 4. The van der Waals surface area contributed by atoms with E-state index < -0.39 is 16.0 Å². The maximum absolute atomic E-state index is 12.4. The van der Waals surface area contributed by atoms with Gasteiger partial charge in [-0.05, 0) is 42.5 Å². The number of rotatable bonds is 8. The van der Waals surface area contributed by atoms with Crippen LogP contribution in [-0.2, 0) is 14.8 Å². The summed E-state index contributed by atoms with van der Waals surface area (Å²) < 4.78 is 32.5. The van der Waals surface area contributed by atoms with E-state index in [1.54, 1.807) is 26.2 Å². The number of hydrogen-bond donors (Lipinski definition) is 2. The molecule has 0 unspecified atom stereocenters. The molecule has 1 aromatic rings. The van der Waals surface area contributed by atoms with Gasteiger partial charge in [-0.15, -0.1) is 0 Å². The van der Waals surface area contributed by atoms with Crippen molar-refractivity contribution in [1.29, 1.82) is 0 Å². The second kappa shape index (κ2) is 7.60. The number of aryl methyl sites for hydroxylation is 1. The lowest BCUT2D eigenvalue weighted by atomic mass is 10.0. The predicted molar refractivity (Wildman–Crippen MR) is 83.9 cm³/mol. The van der Waals surface area contributed by atoms with E-state index in [0.717, 1.165) is 5.56 Å². The van der Waals surface area contributed by atoms with Crippen LogP contribution in [0.5, 0.6) is 5.75 Å². The molecule has 0 radical (unpaired) electrons. The molecule has 0 aliphatic heterocycles. The van der Waals surface area contributed by atoms with Gasteiger partial charge in [0.15, 0.2) is 0 Å². The van der Waals surface area contributed by atoms with E-state index in [2.05, 4.69) is 4.72 Å². The Bertz CT molecular complexity index is 638. The smallest absolute Gasteiger partial charge is 0.303 e. The van der Waals surface area contributed by atoms with Gasteiger partial charge in [-0.1, -0.05) is 13.8 Å². The van der Waals surface area contributed by atoms with Crippen molar-refractivity contribution in [3.63, 3.8) is 0 Å². The third-order valence-electron chi connectivity index (χ3n) is 3.30. The van der Waals surface area contributed by atoms with Gasteiger partial charge < -0.3 is 9.84 Å². The molecule has 0 amide bonds. The molecule has 0 aromatic heterocycles. The molecule has 1 rings (SSSR count). The third kappa shape index (κ3) is 4.71. The Morgan fingerprint density at radius 2 is 2.00 bits per heavy atom. The highest BCUT2D eigenvalue weighted by Gasteiger charge is 2.20. The number of carbonyl (C=O) groups is 1. The number of nitrogens with one attached hydrogen (secondary N) is 1. The van der Waals surface area contributed by atoms with Gasteiger partial charge in [0.25, 0.3) is 0 Å². The molecule has 0 heterocycles. The maximum atomic E-state index is 12.4. The maximum Gasteiger partial charge on any atom is 0.303 e. The van der Waals surface area contributed by atoms with Gasteiger partial charge in [0.05, 0.1) is 12.0 Å². The summed E-state index contributed by atoms with van der Waals surface area (Å²) in [6.45, 7) is 5.73. The first-order valence-electron chi connectivity index (χ1n) is 7.09. The zero-order chi connectivity index (χ0) is 16.9. The molecule has 0 spiro atoms. The Morgan fingerprint density at radius 3 is 2.50 bits per heavy atom. The number of benzene rings is 1. The van der Waals surface area contributed by atoms with Gasteiger partial charge >= 0.3 is 5.97 Å². The third-order valence-corrected chi connectivity index (χ3v) is 4.90. The van der Waals surface area contributed by atoms with E-state index in [9.17, 15) is 13.2 Å². The molecule has 0 saturated carbocycles. The summed E-state index contributed by atoms with van der Waals surface area (Å²) in [5.41, 5.74) is 1.41. The minimum absolute atomic E-state index is 0.0681. The van der Waals surface area contributed by atoms with Crippen LogP contribution in [0.1, 0.15) is 43.7 Å². The van der Waals surface area contributed by atoms with E-state index in [-0.39, 0.29) is 30.2 Å². The zero-order valence-electron chi connectivity index (χ0n) is 13.3. The molecule has 0 aliphatic carbocycles. The number of methoxy groups -OCH3 is 1. The topological polar surface area (TPSA) is 92.7 Å². The molecule has 0 saturated heterocycles. The zero-order valence-corrected chi connectivity index (χ0v) is 14.2. The summed E-state index contributed by atoms with van der Waals surface area (Å²) in [7, 11) is -2.11. The Labute approximate surface area is 131 Å². The molecular formula is C15H23NO5S. The highest BCUT2D eigenvalue weighted by atomic mass is 32.2. The highest BCUT2D eigenvalue weighted by Crippen LogP contribution is 2.31. The second-order valence-electron chi connectivity index (χ2n) is 5.41. The first-order valence-corrected chi connectivity index (χ1v) is 8.57. The van der Waals surface area contributed by atoms with Crippen LogP contribution in [0.4, 0.5) is 0 Å². The number of aliphatic carboxylic acids is 1. The van der Waals surface area contributed by atoms with Crippen LogP contribution >= 0.6 is 0 Å². The molecule has 124 valence electrons. The Hall–Kier alpha value is -1.60. The minimum Gasteiger partial charge on any atom is -0.496 e. The number of sulfonamides is 1. The lowest BCUT2D eigenvalue weighted by Gasteiger charge is -2.16. The average molecular weight is 329 g/mol. The van der Waals surface area contributed by atoms with Crippen molar-refractivity contribution in [3.8, 4) is 5.75 Å². The van der Waals surface area contributed by atoms with E-state index in [0.29, 0.717) is 11.3 Å². The fourth-order valence-electron chi connectivity index (χ4n) is 2.12. The lowest BCUT2D eigenvalue weighted by Crippen LogP contribution is -2.26. The first kappa shape index (κ1) is 18.4. The van der Waals surface area contributed by atoms with Crippen molar-refractivity contribution in [1.82, 2.24) is 4.72 Å². The lowest BCUT2D eigenvalue weighted by molar-refractivity contribution is -0.137. The van der Waals surface area contributed by atoms with Crippen molar-refractivity contribution >= 4 is 16.0 Å². The summed E-state index contributed by atoms with van der Waals surface area (Å²) in [6.07, 6.45) is 0.183. The monoisotopic (exact) mass is 329 g/mol. The van der Waals surface area contributed by atoms with Crippen molar-refractivity contribution in [2.75, 3.05) is 13.7 Å². The van der Waals surface area contributed by atoms with Gasteiger partial charge in [-0.3, -0.25) is 4.79 Å². The molecule has 0 aliphatic rings. The molecule has 22 heavy (non-hydrogen) atoms. The number of carboxylic acids is 1. The van der Waals surface area contributed by atoms with Crippen LogP contribution in [0, 0.1) is 6.92 Å². The number of carboxylic acid groups (broad SMARTS) is 1. The van der Waals surface area contributed by atoms with Crippen LogP contribution in [0.3, 0.4) is 0 Å². The number of ether oxygens (including phenoxy) is 1. The van der Waals surface area contributed by atoms with Crippen LogP contribution in [0.25, 0.3) is 0 Å². The largest absolute Gasteiger partial charge is 0.496 e. The van der Waals surface area contributed by atoms with Crippen molar-refractivity contribution in [3.05, 3.63) is 23.3 Å². The minimum atomic E-state index is -3.67. The summed E-state index contributed by atoms with van der Waals surface area (Å²) >= 11 is 0. The van der Waals surface area contributed by atoms with Gasteiger partial charge in [0.1, 0.15) is 5.75 Å².